The fourth-order valence-corrected chi connectivity index (χ4v) is 0. The molecule has 0 fully saturated rings. The molecule has 54 valence electrons. The molecule has 0 aromatic rings. The maximum atomic E-state index is 8.36. The summed E-state index contributed by atoms with van der Waals surface area (Å²) in [4.78, 5) is 8.36. The predicted octanol–water partition coefficient (Wildman–Crippen LogP) is -0.105. The summed E-state index contributed by atoms with van der Waals surface area (Å²) in [6.45, 7) is 0. The van der Waals surface area contributed by atoms with Gasteiger partial charge in [0.15, 0.2) is 5.17 Å². The summed E-state index contributed by atoms with van der Waals surface area (Å²) < 4.78 is 0. The molecular formula is C2H7N3O3S. The molecular weight excluding hydrogens is 146 g/mol. The van der Waals surface area contributed by atoms with E-state index in [2.05, 4.69) is 0 Å². The van der Waals surface area contributed by atoms with E-state index in [-0.39, 0.29) is 5.17 Å². The fourth-order valence-electron chi connectivity index (χ4n) is 0. The SMILES string of the molecule is CSC(=N)N.O=[N+]([O-])O. The van der Waals surface area contributed by atoms with Crippen molar-refractivity contribution in [3.05, 3.63) is 10.1 Å². The van der Waals surface area contributed by atoms with Crippen molar-refractivity contribution >= 4 is 16.9 Å². The van der Waals surface area contributed by atoms with Crippen LogP contribution in [-0.2, 0) is 0 Å². The lowest BCUT2D eigenvalue weighted by molar-refractivity contribution is -0.742. The van der Waals surface area contributed by atoms with Crippen LogP contribution in [0.15, 0.2) is 0 Å². The number of amidine groups is 1. The topological polar surface area (TPSA) is 113 Å². The second-order valence-electron chi connectivity index (χ2n) is 0.806. The van der Waals surface area contributed by atoms with Gasteiger partial charge in [-0.05, 0) is 6.26 Å². The molecule has 6 nitrogen and oxygen atoms in total. The molecule has 0 aliphatic rings. The summed E-state index contributed by atoms with van der Waals surface area (Å²) in [6.07, 6.45) is 1.77. The van der Waals surface area contributed by atoms with Crippen molar-refractivity contribution in [1.29, 1.82) is 5.41 Å². The molecule has 7 heteroatoms. The van der Waals surface area contributed by atoms with Crippen molar-refractivity contribution in [3.63, 3.8) is 0 Å². The van der Waals surface area contributed by atoms with E-state index in [9.17, 15) is 0 Å². The molecule has 0 aliphatic carbocycles. The standard InChI is InChI=1S/C2H6N2S.HNO3/c1-5-2(3)4;2-1(3)4/h1H3,(H3,3,4);(H,2,3,4). The van der Waals surface area contributed by atoms with Gasteiger partial charge in [-0.2, -0.15) is 0 Å². The minimum absolute atomic E-state index is 0.171. The average molecular weight is 153 g/mol. The van der Waals surface area contributed by atoms with Gasteiger partial charge in [0.2, 0.25) is 0 Å². The summed E-state index contributed by atoms with van der Waals surface area (Å²) in [6, 6.07) is 0. The molecule has 0 heterocycles. The Hall–Kier alpha value is -0.980. The van der Waals surface area contributed by atoms with Gasteiger partial charge in [-0.15, -0.1) is 10.1 Å². The van der Waals surface area contributed by atoms with Gasteiger partial charge in [0.25, 0.3) is 5.09 Å². The molecule has 0 aromatic heterocycles. The van der Waals surface area contributed by atoms with E-state index in [1.165, 1.54) is 11.8 Å². The van der Waals surface area contributed by atoms with Gasteiger partial charge in [-0.3, -0.25) is 5.41 Å². The Morgan fingerprint density at radius 1 is 2.00 bits per heavy atom. The maximum Gasteiger partial charge on any atom is 0.291 e. The number of nitrogens with one attached hydrogen (secondary N) is 1. The number of rotatable bonds is 0. The lowest BCUT2D eigenvalue weighted by atomic mass is 11.4. The smallest absolute Gasteiger partial charge is 0.291 e. The van der Waals surface area contributed by atoms with Crippen molar-refractivity contribution in [2.75, 3.05) is 6.26 Å². The molecule has 0 radical (unpaired) electrons. The van der Waals surface area contributed by atoms with E-state index in [4.69, 9.17) is 26.5 Å². The van der Waals surface area contributed by atoms with Gasteiger partial charge in [0, 0.05) is 0 Å². The quantitative estimate of drug-likeness (QED) is 0.194. The molecule has 0 aromatic carbocycles. The van der Waals surface area contributed by atoms with E-state index in [1.807, 2.05) is 0 Å². The highest BCUT2D eigenvalue weighted by Gasteiger charge is 1.71. The number of nitrogens with two attached hydrogens (primary N) is 1. The summed E-state index contributed by atoms with van der Waals surface area (Å²) in [5, 5.41) is 20.3. The Morgan fingerprint density at radius 3 is 2.11 bits per heavy atom. The third kappa shape index (κ3) is 170. The van der Waals surface area contributed by atoms with Crippen LogP contribution in [-0.4, -0.2) is 21.7 Å². The zero-order valence-electron chi connectivity index (χ0n) is 4.70. The number of nitrogens with zero attached hydrogens (tertiary/aromatic N) is 1. The predicted molar refractivity (Wildman–Crippen MR) is 34.2 cm³/mol. The van der Waals surface area contributed by atoms with Crippen LogP contribution in [0.2, 0.25) is 0 Å². The van der Waals surface area contributed by atoms with Crippen molar-refractivity contribution in [2.45, 2.75) is 0 Å². The monoisotopic (exact) mass is 153 g/mol. The van der Waals surface area contributed by atoms with Crippen molar-refractivity contribution in [1.82, 2.24) is 0 Å². The molecule has 0 atom stereocenters. The summed E-state index contributed by atoms with van der Waals surface area (Å²) >= 11 is 1.24. The molecule has 0 rings (SSSR count). The Morgan fingerprint density at radius 2 is 2.11 bits per heavy atom. The van der Waals surface area contributed by atoms with Crippen LogP contribution in [0.4, 0.5) is 0 Å². The number of hydrogen-bond donors (Lipinski definition) is 3. The molecule has 4 N–H and O–H groups in total. The van der Waals surface area contributed by atoms with Gasteiger partial charge in [0.05, 0.1) is 0 Å². The van der Waals surface area contributed by atoms with Crippen LogP contribution < -0.4 is 5.73 Å². The lowest BCUT2D eigenvalue weighted by Gasteiger charge is -1.78. The van der Waals surface area contributed by atoms with E-state index in [0.29, 0.717) is 0 Å². The first-order chi connectivity index (χ1) is 4.00. The van der Waals surface area contributed by atoms with Crippen LogP contribution in [0, 0.1) is 15.5 Å². The van der Waals surface area contributed by atoms with E-state index in [1.54, 1.807) is 6.26 Å². The zero-order valence-corrected chi connectivity index (χ0v) is 5.51. The highest BCUT2D eigenvalue weighted by Crippen LogP contribution is 1.83. The first-order valence-electron chi connectivity index (χ1n) is 1.72. The summed E-state index contributed by atoms with van der Waals surface area (Å²) in [5.74, 6) is 0. The van der Waals surface area contributed by atoms with Crippen LogP contribution in [0.3, 0.4) is 0 Å². The third-order valence-corrected chi connectivity index (χ3v) is 0.660. The average Bonchev–Trinajstić information content (AvgIpc) is 1.65. The first-order valence-corrected chi connectivity index (χ1v) is 2.94. The molecule has 0 bridgehead atoms. The van der Waals surface area contributed by atoms with Crippen LogP contribution in [0.25, 0.3) is 0 Å². The summed E-state index contributed by atoms with van der Waals surface area (Å²) in [7, 11) is 0. The second-order valence-corrected chi connectivity index (χ2v) is 1.65. The highest BCUT2D eigenvalue weighted by atomic mass is 32.2. The molecule has 9 heavy (non-hydrogen) atoms. The lowest BCUT2D eigenvalue weighted by Crippen LogP contribution is -2.01. The molecule has 0 saturated heterocycles. The normalized spacial score (nSPS) is 6.78. The van der Waals surface area contributed by atoms with Crippen LogP contribution >= 0.6 is 11.8 Å². The Balaban J connectivity index is 0. The Bertz CT molecular complexity index is 101. The molecule has 0 spiro atoms. The molecule has 0 unspecified atom stereocenters. The largest absolute Gasteiger partial charge is 0.379 e. The van der Waals surface area contributed by atoms with Crippen LogP contribution in [0.5, 0.6) is 0 Å². The Labute approximate surface area is 55.7 Å². The number of hydrogen-bond acceptors (Lipinski definition) is 4. The maximum absolute atomic E-state index is 8.36. The number of thioether (sulfide) groups is 1. The van der Waals surface area contributed by atoms with E-state index in [0.717, 1.165) is 0 Å². The van der Waals surface area contributed by atoms with Crippen LogP contribution in [0.1, 0.15) is 0 Å². The van der Waals surface area contributed by atoms with E-state index >= 15 is 0 Å². The van der Waals surface area contributed by atoms with Crippen molar-refractivity contribution < 1.29 is 10.3 Å². The Kier molecular flexibility index (Phi) is 8.51. The van der Waals surface area contributed by atoms with Gasteiger partial charge < -0.3 is 10.9 Å². The first kappa shape index (κ1) is 10.9. The van der Waals surface area contributed by atoms with Crippen molar-refractivity contribution in [3.8, 4) is 0 Å². The second kappa shape index (κ2) is 7.02. The minimum atomic E-state index is -1.50. The minimum Gasteiger partial charge on any atom is -0.379 e. The van der Waals surface area contributed by atoms with Gasteiger partial charge in [0.1, 0.15) is 0 Å². The van der Waals surface area contributed by atoms with Gasteiger partial charge in [-0.25, -0.2) is 0 Å². The fraction of sp³-hybridized carbons (Fsp3) is 0.500. The van der Waals surface area contributed by atoms with Crippen molar-refractivity contribution in [2.24, 2.45) is 5.73 Å². The van der Waals surface area contributed by atoms with Gasteiger partial charge >= 0.3 is 0 Å². The van der Waals surface area contributed by atoms with Gasteiger partial charge in [-0.1, -0.05) is 11.8 Å². The zero-order chi connectivity index (χ0) is 7.86. The van der Waals surface area contributed by atoms with E-state index < -0.39 is 5.09 Å². The molecule has 0 aliphatic heterocycles. The molecule has 0 amide bonds. The third-order valence-electron chi connectivity index (χ3n) is 0.220. The summed E-state index contributed by atoms with van der Waals surface area (Å²) in [5.41, 5.74) is 4.84. The highest BCUT2D eigenvalue weighted by molar-refractivity contribution is 8.13. The molecule has 0 saturated carbocycles.